The smallest absolute Gasteiger partial charge is 0.254 e. The number of nitrogens with zero attached hydrogens (tertiary/aromatic N) is 1. The van der Waals surface area contributed by atoms with Gasteiger partial charge in [0.25, 0.3) is 5.91 Å². The summed E-state index contributed by atoms with van der Waals surface area (Å²) < 4.78 is 5.14. The molecule has 1 amide bonds. The molecule has 0 unspecified atom stereocenters. The summed E-state index contributed by atoms with van der Waals surface area (Å²) in [4.78, 5) is 13.7. The molecule has 0 bridgehead atoms. The molecular weight excluding hydrogens is 180 g/mol. The van der Waals surface area contributed by atoms with Gasteiger partial charge in [0, 0.05) is 26.7 Å². The van der Waals surface area contributed by atoms with Crippen molar-refractivity contribution in [1.29, 1.82) is 0 Å². The molecule has 0 saturated heterocycles. The van der Waals surface area contributed by atoms with Crippen molar-refractivity contribution in [2.24, 2.45) is 5.73 Å². The standard InChI is InChI=1S/C10H22N2O2/c1-5-7-12(8-6-11)9(13)10(2,3)14-4/h5-8,11H2,1-4H3. The quantitative estimate of drug-likeness (QED) is 0.686. The summed E-state index contributed by atoms with van der Waals surface area (Å²) in [5.74, 6) is 0.00676. The first-order valence-corrected chi connectivity index (χ1v) is 5.04. The van der Waals surface area contributed by atoms with Crippen LogP contribution in [-0.4, -0.2) is 43.2 Å². The van der Waals surface area contributed by atoms with Crippen molar-refractivity contribution in [3.63, 3.8) is 0 Å². The highest BCUT2D eigenvalue weighted by atomic mass is 16.5. The highest BCUT2D eigenvalue weighted by Gasteiger charge is 2.30. The number of amides is 1. The van der Waals surface area contributed by atoms with Crippen molar-refractivity contribution in [1.82, 2.24) is 4.90 Å². The number of hydrogen-bond acceptors (Lipinski definition) is 3. The number of carbonyl (C=O) groups is 1. The molecule has 4 heteroatoms. The maximum absolute atomic E-state index is 11.9. The SMILES string of the molecule is CCCN(CCN)C(=O)C(C)(C)OC. The molecule has 0 saturated carbocycles. The molecule has 0 aliphatic rings. The number of hydrogen-bond donors (Lipinski definition) is 1. The van der Waals surface area contributed by atoms with Gasteiger partial charge >= 0.3 is 0 Å². The number of carbonyl (C=O) groups excluding carboxylic acids is 1. The number of ether oxygens (including phenoxy) is 1. The van der Waals surface area contributed by atoms with Crippen molar-refractivity contribution in [3.05, 3.63) is 0 Å². The maximum atomic E-state index is 11.9. The first-order chi connectivity index (χ1) is 6.49. The second kappa shape index (κ2) is 5.98. The van der Waals surface area contributed by atoms with E-state index >= 15 is 0 Å². The van der Waals surface area contributed by atoms with Crippen LogP contribution in [0, 0.1) is 0 Å². The molecule has 0 fully saturated rings. The number of nitrogens with two attached hydrogens (primary N) is 1. The van der Waals surface area contributed by atoms with Crippen LogP contribution in [0.1, 0.15) is 27.2 Å². The van der Waals surface area contributed by atoms with Crippen LogP contribution in [0.4, 0.5) is 0 Å². The normalized spacial score (nSPS) is 11.5. The molecule has 0 heterocycles. The van der Waals surface area contributed by atoms with E-state index in [1.54, 1.807) is 25.9 Å². The topological polar surface area (TPSA) is 55.6 Å². The first-order valence-electron chi connectivity index (χ1n) is 5.04. The van der Waals surface area contributed by atoms with Gasteiger partial charge in [-0.05, 0) is 20.3 Å². The molecule has 0 aromatic carbocycles. The van der Waals surface area contributed by atoms with Gasteiger partial charge in [-0.1, -0.05) is 6.92 Å². The lowest BCUT2D eigenvalue weighted by molar-refractivity contribution is -0.150. The van der Waals surface area contributed by atoms with Gasteiger partial charge in [0.1, 0.15) is 5.60 Å². The largest absolute Gasteiger partial charge is 0.369 e. The van der Waals surface area contributed by atoms with E-state index in [1.807, 2.05) is 6.92 Å². The zero-order chi connectivity index (χ0) is 11.2. The Kier molecular flexibility index (Phi) is 5.72. The van der Waals surface area contributed by atoms with Crippen LogP contribution in [0.25, 0.3) is 0 Å². The highest BCUT2D eigenvalue weighted by molar-refractivity contribution is 5.84. The summed E-state index contributed by atoms with van der Waals surface area (Å²) in [6, 6.07) is 0. The molecule has 0 aromatic rings. The second-order valence-corrected chi connectivity index (χ2v) is 3.80. The molecule has 84 valence electrons. The fraction of sp³-hybridized carbons (Fsp3) is 0.900. The maximum Gasteiger partial charge on any atom is 0.254 e. The van der Waals surface area contributed by atoms with Crippen molar-refractivity contribution < 1.29 is 9.53 Å². The molecule has 0 radical (unpaired) electrons. The van der Waals surface area contributed by atoms with Crippen molar-refractivity contribution >= 4 is 5.91 Å². The molecule has 0 rings (SSSR count). The summed E-state index contributed by atoms with van der Waals surface area (Å²) in [5, 5.41) is 0. The van der Waals surface area contributed by atoms with E-state index < -0.39 is 5.60 Å². The fourth-order valence-corrected chi connectivity index (χ4v) is 1.21. The van der Waals surface area contributed by atoms with E-state index in [1.165, 1.54) is 0 Å². The van der Waals surface area contributed by atoms with E-state index in [9.17, 15) is 4.79 Å². The molecule has 0 atom stereocenters. The highest BCUT2D eigenvalue weighted by Crippen LogP contribution is 2.12. The Morgan fingerprint density at radius 3 is 2.36 bits per heavy atom. The van der Waals surface area contributed by atoms with E-state index in [-0.39, 0.29) is 5.91 Å². The fourth-order valence-electron chi connectivity index (χ4n) is 1.21. The van der Waals surface area contributed by atoms with Crippen LogP contribution in [0.15, 0.2) is 0 Å². The molecule has 0 aromatic heterocycles. The van der Waals surface area contributed by atoms with Crippen molar-refractivity contribution in [3.8, 4) is 0 Å². The zero-order valence-electron chi connectivity index (χ0n) is 9.67. The molecule has 2 N–H and O–H groups in total. The van der Waals surface area contributed by atoms with Crippen LogP contribution >= 0.6 is 0 Å². The van der Waals surface area contributed by atoms with Gasteiger partial charge in [-0.15, -0.1) is 0 Å². The van der Waals surface area contributed by atoms with Gasteiger partial charge in [0.2, 0.25) is 0 Å². The molecule has 0 aliphatic carbocycles. The third-order valence-corrected chi connectivity index (χ3v) is 2.21. The average molecular weight is 202 g/mol. The summed E-state index contributed by atoms with van der Waals surface area (Å²) in [5.41, 5.74) is 4.70. The Morgan fingerprint density at radius 2 is 2.00 bits per heavy atom. The Bertz CT molecular complexity index is 175. The van der Waals surface area contributed by atoms with Gasteiger partial charge < -0.3 is 15.4 Å². The van der Waals surface area contributed by atoms with Crippen molar-refractivity contribution in [2.45, 2.75) is 32.8 Å². The Labute approximate surface area is 86.4 Å². The monoisotopic (exact) mass is 202 g/mol. The van der Waals surface area contributed by atoms with E-state index in [0.29, 0.717) is 13.1 Å². The molecule has 14 heavy (non-hydrogen) atoms. The Morgan fingerprint density at radius 1 is 1.43 bits per heavy atom. The van der Waals surface area contributed by atoms with Crippen LogP contribution < -0.4 is 5.73 Å². The third kappa shape index (κ3) is 3.64. The third-order valence-electron chi connectivity index (χ3n) is 2.21. The molecule has 0 spiro atoms. The minimum Gasteiger partial charge on any atom is -0.369 e. The van der Waals surface area contributed by atoms with Crippen LogP contribution in [0.2, 0.25) is 0 Å². The predicted octanol–water partition coefficient (Wildman–Crippen LogP) is 0.609. The van der Waals surface area contributed by atoms with Gasteiger partial charge in [-0.25, -0.2) is 0 Å². The molecule has 4 nitrogen and oxygen atoms in total. The van der Waals surface area contributed by atoms with E-state index in [2.05, 4.69) is 0 Å². The Hall–Kier alpha value is -0.610. The van der Waals surface area contributed by atoms with Gasteiger partial charge in [-0.3, -0.25) is 4.79 Å². The first kappa shape index (κ1) is 13.4. The zero-order valence-corrected chi connectivity index (χ0v) is 9.67. The van der Waals surface area contributed by atoms with E-state index in [4.69, 9.17) is 10.5 Å². The summed E-state index contributed by atoms with van der Waals surface area (Å²) in [6.45, 7) is 7.41. The second-order valence-electron chi connectivity index (χ2n) is 3.80. The Balaban J connectivity index is 4.41. The van der Waals surface area contributed by atoms with Gasteiger partial charge in [0.05, 0.1) is 0 Å². The van der Waals surface area contributed by atoms with Gasteiger partial charge in [-0.2, -0.15) is 0 Å². The summed E-state index contributed by atoms with van der Waals surface area (Å²) in [6.07, 6.45) is 0.936. The van der Waals surface area contributed by atoms with E-state index in [0.717, 1.165) is 13.0 Å². The summed E-state index contributed by atoms with van der Waals surface area (Å²) in [7, 11) is 1.55. The number of rotatable bonds is 6. The minimum atomic E-state index is -0.746. The number of methoxy groups -OCH3 is 1. The van der Waals surface area contributed by atoms with Crippen LogP contribution in [0.5, 0.6) is 0 Å². The molecule has 0 aliphatic heterocycles. The lowest BCUT2D eigenvalue weighted by Crippen LogP contribution is -2.48. The lowest BCUT2D eigenvalue weighted by atomic mass is 10.1. The summed E-state index contributed by atoms with van der Waals surface area (Å²) >= 11 is 0. The van der Waals surface area contributed by atoms with Crippen molar-refractivity contribution in [2.75, 3.05) is 26.7 Å². The lowest BCUT2D eigenvalue weighted by Gasteiger charge is -2.30. The predicted molar refractivity (Wildman–Crippen MR) is 57.0 cm³/mol. The van der Waals surface area contributed by atoms with Crippen LogP contribution in [-0.2, 0) is 9.53 Å². The minimum absolute atomic E-state index is 0.00676. The van der Waals surface area contributed by atoms with Crippen LogP contribution in [0.3, 0.4) is 0 Å². The molecular formula is C10H22N2O2. The average Bonchev–Trinajstić information content (AvgIpc) is 2.16. The van der Waals surface area contributed by atoms with Gasteiger partial charge in [0.15, 0.2) is 0 Å².